The Bertz CT molecular complexity index is 456. The van der Waals surface area contributed by atoms with Crippen LogP contribution < -0.4 is 5.32 Å². The number of carbonyl (C=O) groups excluding carboxylic acids is 1. The number of hydrogen-bond donors (Lipinski definition) is 1. The van der Waals surface area contributed by atoms with Gasteiger partial charge in [0.2, 0.25) is 0 Å². The third-order valence-electron chi connectivity index (χ3n) is 2.16. The largest absolute Gasteiger partial charge is 0.449 e. The molecule has 0 heterocycles. The molecule has 1 aromatic rings. The van der Waals surface area contributed by atoms with E-state index >= 15 is 0 Å². The van der Waals surface area contributed by atoms with E-state index in [9.17, 15) is 4.79 Å². The van der Waals surface area contributed by atoms with E-state index in [4.69, 9.17) is 10.00 Å². The molecule has 0 saturated heterocycles. The van der Waals surface area contributed by atoms with Crippen molar-refractivity contribution in [2.45, 2.75) is 32.7 Å². The lowest BCUT2D eigenvalue weighted by Gasteiger charge is -2.19. The molecule has 0 aromatic heterocycles. The van der Waals surface area contributed by atoms with E-state index in [2.05, 4.69) is 11.4 Å². The Kier molecular flexibility index (Phi) is 4.73. The van der Waals surface area contributed by atoms with Gasteiger partial charge in [0, 0.05) is 12.0 Å². The van der Waals surface area contributed by atoms with Gasteiger partial charge in [0.15, 0.2) is 0 Å². The molecule has 1 N–H and O–H groups in total. The number of nitriles is 1. The fourth-order valence-corrected chi connectivity index (χ4v) is 1.40. The van der Waals surface area contributed by atoms with Crippen LogP contribution in [0.25, 0.3) is 0 Å². The Labute approximate surface area is 108 Å². The standard InChI is InChI=1S/C14H18N2O2/c1-14(2,3)16-13(17)18-8-7-11-5-4-6-12(9-11)10-15/h4-6,9H,7-8H2,1-3H3,(H,16,17). The third kappa shape index (κ3) is 5.35. The zero-order valence-electron chi connectivity index (χ0n) is 11.0. The van der Waals surface area contributed by atoms with Crippen LogP contribution in [0.15, 0.2) is 24.3 Å². The first-order valence-corrected chi connectivity index (χ1v) is 5.85. The van der Waals surface area contributed by atoms with Crippen molar-refractivity contribution < 1.29 is 9.53 Å². The van der Waals surface area contributed by atoms with Gasteiger partial charge in [-0.1, -0.05) is 12.1 Å². The molecule has 0 atom stereocenters. The second-order valence-electron chi connectivity index (χ2n) is 5.07. The first-order chi connectivity index (χ1) is 8.40. The van der Waals surface area contributed by atoms with E-state index in [1.807, 2.05) is 32.9 Å². The molecule has 0 radical (unpaired) electrons. The van der Waals surface area contributed by atoms with Crippen LogP contribution in [0.1, 0.15) is 31.9 Å². The number of carbonyl (C=O) groups is 1. The SMILES string of the molecule is CC(C)(C)NC(=O)OCCc1cccc(C#N)c1. The number of alkyl carbamates (subject to hydrolysis) is 1. The number of amides is 1. The third-order valence-corrected chi connectivity index (χ3v) is 2.16. The lowest BCUT2D eigenvalue weighted by Crippen LogP contribution is -2.41. The van der Waals surface area contributed by atoms with Gasteiger partial charge in [0.25, 0.3) is 0 Å². The van der Waals surface area contributed by atoms with Crippen LogP contribution in [0.3, 0.4) is 0 Å². The summed E-state index contributed by atoms with van der Waals surface area (Å²) in [6, 6.07) is 9.35. The van der Waals surface area contributed by atoms with Gasteiger partial charge in [-0.05, 0) is 38.5 Å². The lowest BCUT2D eigenvalue weighted by molar-refractivity contribution is 0.139. The van der Waals surface area contributed by atoms with Crippen molar-refractivity contribution in [1.29, 1.82) is 5.26 Å². The summed E-state index contributed by atoms with van der Waals surface area (Å²) in [4.78, 5) is 11.4. The zero-order chi connectivity index (χ0) is 13.6. The van der Waals surface area contributed by atoms with E-state index in [1.54, 1.807) is 12.1 Å². The van der Waals surface area contributed by atoms with Crippen molar-refractivity contribution in [2.75, 3.05) is 6.61 Å². The number of ether oxygens (including phenoxy) is 1. The maximum Gasteiger partial charge on any atom is 0.407 e. The van der Waals surface area contributed by atoms with Crippen LogP contribution in [0.2, 0.25) is 0 Å². The van der Waals surface area contributed by atoms with Gasteiger partial charge < -0.3 is 10.1 Å². The predicted octanol–water partition coefficient (Wildman–Crippen LogP) is 2.63. The Balaban J connectivity index is 2.38. The minimum Gasteiger partial charge on any atom is -0.449 e. The Morgan fingerprint density at radius 2 is 2.17 bits per heavy atom. The first kappa shape index (κ1) is 14.0. The van der Waals surface area contributed by atoms with Gasteiger partial charge in [-0.2, -0.15) is 5.26 Å². The molecule has 0 fully saturated rings. The van der Waals surface area contributed by atoms with Gasteiger partial charge in [-0.15, -0.1) is 0 Å². The molecule has 1 aromatic carbocycles. The highest BCUT2D eigenvalue weighted by molar-refractivity contribution is 5.68. The van der Waals surface area contributed by atoms with Gasteiger partial charge >= 0.3 is 6.09 Å². The average molecular weight is 246 g/mol. The van der Waals surface area contributed by atoms with Crippen molar-refractivity contribution in [3.05, 3.63) is 35.4 Å². The fraction of sp³-hybridized carbons (Fsp3) is 0.429. The highest BCUT2D eigenvalue weighted by atomic mass is 16.5. The molecule has 0 aliphatic heterocycles. The molecule has 1 amide bonds. The van der Waals surface area contributed by atoms with Crippen molar-refractivity contribution in [1.82, 2.24) is 5.32 Å². The predicted molar refractivity (Wildman–Crippen MR) is 69.1 cm³/mol. The van der Waals surface area contributed by atoms with Crippen LogP contribution >= 0.6 is 0 Å². The monoisotopic (exact) mass is 246 g/mol. The van der Waals surface area contributed by atoms with E-state index < -0.39 is 6.09 Å². The van der Waals surface area contributed by atoms with E-state index in [-0.39, 0.29) is 5.54 Å². The van der Waals surface area contributed by atoms with E-state index in [0.29, 0.717) is 18.6 Å². The summed E-state index contributed by atoms with van der Waals surface area (Å²) in [5, 5.41) is 11.5. The number of hydrogen-bond acceptors (Lipinski definition) is 3. The molecule has 0 aliphatic rings. The fourth-order valence-electron chi connectivity index (χ4n) is 1.40. The van der Waals surface area contributed by atoms with Crippen molar-refractivity contribution >= 4 is 6.09 Å². The van der Waals surface area contributed by atoms with Crippen LogP contribution in [-0.4, -0.2) is 18.2 Å². The summed E-state index contributed by atoms with van der Waals surface area (Å²) in [5.74, 6) is 0. The van der Waals surface area contributed by atoms with Crippen molar-refractivity contribution in [3.63, 3.8) is 0 Å². The zero-order valence-corrected chi connectivity index (χ0v) is 11.0. The summed E-state index contributed by atoms with van der Waals surface area (Å²) in [5.41, 5.74) is 1.31. The Hall–Kier alpha value is -2.02. The van der Waals surface area contributed by atoms with Crippen LogP contribution in [0.5, 0.6) is 0 Å². The normalized spacial score (nSPS) is 10.6. The number of benzene rings is 1. The van der Waals surface area contributed by atoms with Gasteiger partial charge in [-0.3, -0.25) is 0 Å². The maximum atomic E-state index is 11.4. The molecule has 4 heteroatoms. The van der Waals surface area contributed by atoms with Crippen LogP contribution in [0.4, 0.5) is 4.79 Å². The summed E-state index contributed by atoms with van der Waals surface area (Å²) in [7, 11) is 0. The summed E-state index contributed by atoms with van der Waals surface area (Å²) < 4.78 is 5.06. The minimum absolute atomic E-state index is 0.294. The topological polar surface area (TPSA) is 62.1 Å². The Morgan fingerprint density at radius 1 is 1.44 bits per heavy atom. The van der Waals surface area contributed by atoms with Crippen LogP contribution in [0, 0.1) is 11.3 Å². The number of rotatable bonds is 3. The van der Waals surface area contributed by atoms with E-state index in [1.165, 1.54) is 0 Å². The minimum atomic E-state index is -0.418. The summed E-state index contributed by atoms with van der Waals surface area (Å²) >= 11 is 0. The summed E-state index contributed by atoms with van der Waals surface area (Å²) in [6.45, 7) is 5.98. The summed E-state index contributed by atoms with van der Waals surface area (Å²) in [6.07, 6.45) is 0.187. The molecular weight excluding hydrogens is 228 g/mol. The average Bonchev–Trinajstić information content (AvgIpc) is 2.27. The lowest BCUT2D eigenvalue weighted by atomic mass is 10.1. The molecule has 0 saturated carbocycles. The van der Waals surface area contributed by atoms with Crippen molar-refractivity contribution in [2.24, 2.45) is 0 Å². The molecule has 0 unspecified atom stereocenters. The van der Waals surface area contributed by atoms with Gasteiger partial charge in [-0.25, -0.2) is 4.79 Å². The molecule has 1 rings (SSSR count). The quantitative estimate of drug-likeness (QED) is 0.891. The number of nitrogens with one attached hydrogen (secondary N) is 1. The highest BCUT2D eigenvalue weighted by Crippen LogP contribution is 2.05. The highest BCUT2D eigenvalue weighted by Gasteiger charge is 2.14. The molecule has 4 nitrogen and oxygen atoms in total. The van der Waals surface area contributed by atoms with Crippen molar-refractivity contribution in [3.8, 4) is 6.07 Å². The first-order valence-electron chi connectivity index (χ1n) is 5.85. The molecular formula is C14H18N2O2. The molecule has 18 heavy (non-hydrogen) atoms. The second kappa shape index (κ2) is 6.06. The molecule has 96 valence electrons. The van der Waals surface area contributed by atoms with E-state index in [0.717, 1.165) is 5.56 Å². The molecule has 0 aliphatic carbocycles. The molecule has 0 bridgehead atoms. The second-order valence-corrected chi connectivity index (χ2v) is 5.07. The molecule has 0 spiro atoms. The van der Waals surface area contributed by atoms with Gasteiger partial charge in [0.1, 0.15) is 0 Å². The number of nitrogens with zero attached hydrogens (tertiary/aromatic N) is 1. The maximum absolute atomic E-state index is 11.4. The Morgan fingerprint density at radius 3 is 2.78 bits per heavy atom. The van der Waals surface area contributed by atoms with Crippen LogP contribution in [-0.2, 0) is 11.2 Å². The van der Waals surface area contributed by atoms with Gasteiger partial charge in [0.05, 0.1) is 18.2 Å². The smallest absolute Gasteiger partial charge is 0.407 e.